The van der Waals surface area contributed by atoms with E-state index in [1.807, 2.05) is 43.1 Å². The second-order valence-corrected chi connectivity index (χ2v) is 5.58. The van der Waals surface area contributed by atoms with Gasteiger partial charge in [-0.2, -0.15) is 0 Å². The molecule has 6 nitrogen and oxygen atoms in total. The minimum absolute atomic E-state index is 0.0289. The van der Waals surface area contributed by atoms with Crippen molar-refractivity contribution < 1.29 is 5.21 Å². The Balaban J connectivity index is 2.24. The van der Waals surface area contributed by atoms with Gasteiger partial charge in [-0.3, -0.25) is 0 Å². The largest absolute Gasteiger partial charge is 0.409 e. The first-order valence-electron chi connectivity index (χ1n) is 6.29. The lowest BCUT2D eigenvalue weighted by Crippen LogP contribution is -2.22. The Hall–Kier alpha value is -2.15. The molecule has 0 aliphatic rings. The first-order chi connectivity index (χ1) is 9.99. The van der Waals surface area contributed by atoms with E-state index in [1.165, 1.54) is 0 Å². The Labute approximate surface area is 131 Å². The number of nitrogens with two attached hydrogens (primary N) is 1. The maximum atomic E-state index is 8.75. The molecule has 2 aromatic rings. The van der Waals surface area contributed by atoms with Crippen molar-refractivity contribution >= 4 is 27.7 Å². The molecule has 0 saturated heterocycles. The summed E-state index contributed by atoms with van der Waals surface area (Å²) in [6, 6.07) is 9.71. The summed E-state index contributed by atoms with van der Waals surface area (Å²) in [5, 5.41) is 11.7. The summed E-state index contributed by atoms with van der Waals surface area (Å²) in [6.07, 6.45) is 0. The van der Waals surface area contributed by atoms with Gasteiger partial charge in [-0.25, -0.2) is 9.97 Å². The minimum atomic E-state index is -0.0289. The van der Waals surface area contributed by atoms with Gasteiger partial charge in [0.2, 0.25) is 5.95 Å². The van der Waals surface area contributed by atoms with Crippen molar-refractivity contribution in [2.75, 3.05) is 11.9 Å². The van der Waals surface area contributed by atoms with Crippen molar-refractivity contribution in [1.82, 2.24) is 9.97 Å². The van der Waals surface area contributed by atoms with Crippen molar-refractivity contribution in [2.24, 2.45) is 10.9 Å². The molecule has 0 spiro atoms. The normalized spacial score (nSPS) is 11.5. The summed E-state index contributed by atoms with van der Waals surface area (Å²) in [5.41, 5.74) is 7.88. The van der Waals surface area contributed by atoms with Crippen LogP contribution in [0.4, 0.5) is 5.95 Å². The number of benzene rings is 1. The number of hydrogen-bond donors (Lipinski definition) is 2. The van der Waals surface area contributed by atoms with E-state index in [-0.39, 0.29) is 5.84 Å². The van der Waals surface area contributed by atoms with Gasteiger partial charge < -0.3 is 15.8 Å². The molecule has 0 bridgehead atoms. The van der Waals surface area contributed by atoms with E-state index in [1.54, 1.807) is 6.07 Å². The predicted octanol–water partition coefficient (Wildman–Crippen LogP) is 2.28. The Bertz CT molecular complexity index is 657. The van der Waals surface area contributed by atoms with Gasteiger partial charge in [0.15, 0.2) is 5.84 Å². The van der Waals surface area contributed by atoms with E-state index in [2.05, 4.69) is 31.1 Å². The lowest BCUT2D eigenvalue weighted by molar-refractivity contribution is 0.318. The maximum Gasteiger partial charge on any atom is 0.226 e. The number of rotatable bonds is 4. The molecule has 0 aliphatic heterocycles. The van der Waals surface area contributed by atoms with Crippen LogP contribution in [0, 0.1) is 6.92 Å². The molecule has 0 amide bonds. The van der Waals surface area contributed by atoms with Crippen LogP contribution in [0.15, 0.2) is 40.0 Å². The van der Waals surface area contributed by atoms with Crippen LogP contribution in [0.2, 0.25) is 0 Å². The summed E-state index contributed by atoms with van der Waals surface area (Å²) in [5.74, 6) is 0.498. The zero-order valence-corrected chi connectivity index (χ0v) is 13.4. The second-order valence-electron chi connectivity index (χ2n) is 4.66. The SMILES string of the molecule is Cc1cc(/C(N)=N/O)nc(N(C)Cc2ccc(Br)cc2)n1. The summed E-state index contributed by atoms with van der Waals surface area (Å²) < 4.78 is 1.04. The fourth-order valence-corrected chi connectivity index (χ4v) is 2.10. The zero-order valence-electron chi connectivity index (χ0n) is 11.8. The highest BCUT2D eigenvalue weighted by Crippen LogP contribution is 2.15. The zero-order chi connectivity index (χ0) is 15.4. The molecule has 0 radical (unpaired) electrons. The molecule has 110 valence electrons. The molecule has 0 atom stereocenters. The van der Waals surface area contributed by atoms with E-state index < -0.39 is 0 Å². The quantitative estimate of drug-likeness (QED) is 0.382. The van der Waals surface area contributed by atoms with Crippen molar-refractivity contribution in [3.8, 4) is 0 Å². The number of hydrogen-bond acceptors (Lipinski definition) is 5. The van der Waals surface area contributed by atoms with E-state index in [9.17, 15) is 0 Å². The highest BCUT2D eigenvalue weighted by molar-refractivity contribution is 9.10. The molecular formula is C14H16BrN5O. The lowest BCUT2D eigenvalue weighted by atomic mass is 10.2. The van der Waals surface area contributed by atoms with Crippen LogP contribution in [-0.4, -0.2) is 28.1 Å². The summed E-state index contributed by atoms with van der Waals surface area (Å²) in [6.45, 7) is 2.50. The maximum absolute atomic E-state index is 8.75. The Morgan fingerprint density at radius 1 is 1.33 bits per heavy atom. The average Bonchev–Trinajstić information content (AvgIpc) is 2.48. The number of anilines is 1. The predicted molar refractivity (Wildman–Crippen MR) is 85.5 cm³/mol. The average molecular weight is 350 g/mol. The van der Waals surface area contributed by atoms with Crippen molar-refractivity contribution in [3.63, 3.8) is 0 Å². The fraction of sp³-hybridized carbons (Fsp3) is 0.214. The molecule has 2 rings (SSSR count). The second kappa shape index (κ2) is 6.53. The number of aryl methyl sites for hydroxylation is 1. The standard InChI is InChI=1S/C14H16BrN5O/c1-9-7-12(13(16)19-21)18-14(17-9)20(2)8-10-3-5-11(15)6-4-10/h3-7,21H,8H2,1-2H3,(H2,16,19). The third kappa shape index (κ3) is 3.91. The van der Waals surface area contributed by atoms with Crippen LogP contribution in [0.3, 0.4) is 0 Å². The van der Waals surface area contributed by atoms with Crippen LogP contribution in [0.25, 0.3) is 0 Å². The van der Waals surface area contributed by atoms with Gasteiger partial charge in [-0.05, 0) is 30.7 Å². The van der Waals surface area contributed by atoms with E-state index in [0.29, 0.717) is 18.2 Å². The number of nitrogens with zero attached hydrogens (tertiary/aromatic N) is 4. The molecule has 1 heterocycles. The van der Waals surface area contributed by atoms with Crippen molar-refractivity contribution in [1.29, 1.82) is 0 Å². The number of halogens is 1. The molecule has 3 N–H and O–H groups in total. The topological polar surface area (TPSA) is 87.6 Å². The third-order valence-corrected chi connectivity index (χ3v) is 3.42. The van der Waals surface area contributed by atoms with Gasteiger partial charge in [0.1, 0.15) is 5.69 Å². The highest BCUT2D eigenvalue weighted by atomic mass is 79.9. The van der Waals surface area contributed by atoms with Gasteiger partial charge in [0.25, 0.3) is 0 Å². The first-order valence-corrected chi connectivity index (χ1v) is 7.08. The molecule has 21 heavy (non-hydrogen) atoms. The molecule has 0 unspecified atom stereocenters. The number of aromatic nitrogens is 2. The van der Waals surface area contributed by atoms with Crippen molar-refractivity contribution in [3.05, 3.63) is 51.8 Å². The summed E-state index contributed by atoms with van der Waals surface area (Å²) in [4.78, 5) is 10.6. The van der Waals surface area contributed by atoms with Crippen LogP contribution < -0.4 is 10.6 Å². The molecular weight excluding hydrogens is 334 g/mol. The van der Waals surface area contributed by atoms with Gasteiger partial charge in [0, 0.05) is 23.8 Å². The van der Waals surface area contributed by atoms with Gasteiger partial charge in [-0.1, -0.05) is 33.2 Å². The fourth-order valence-electron chi connectivity index (χ4n) is 1.84. The van der Waals surface area contributed by atoms with Crippen LogP contribution >= 0.6 is 15.9 Å². The van der Waals surface area contributed by atoms with Crippen LogP contribution in [0.1, 0.15) is 17.0 Å². The number of oxime groups is 1. The van der Waals surface area contributed by atoms with Crippen molar-refractivity contribution in [2.45, 2.75) is 13.5 Å². The van der Waals surface area contributed by atoms with Gasteiger partial charge in [-0.15, -0.1) is 0 Å². The molecule has 0 saturated carbocycles. The van der Waals surface area contributed by atoms with Gasteiger partial charge in [0.05, 0.1) is 0 Å². The third-order valence-electron chi connectivity index (χ3n) is 2.89. The molecule has 1 aromatic heterocycles. The van der Waals surface area contributed by atoms with E-state index in [0.717, 1.165) is 15.7 Å². The monoisotopic (exact) mass is 349 g/mol. The first kappa shape index (κ1) is 15.2. The summed E-state index contributed by atoms with van der Waals surface area (Å²) in [7, 11) is 1.90. The van der Waals surface area contributed by atoms with Gasteiger partial charge >= 0.3 is 0 Å². The van der Waals surface area contributed by atoms with Crippen LogP contribution in [0.5, 0.6) is 0 Å². The summed E-state index contributed by atoms with van der Waals surface area (Å²) >= 11 is 3.41. The highest BCUT2D eigenvalue weighted by Gasteiger charge is 2.10. The molecule has 7 heteroatoms. The van der Waals surface area contributed by atoms with Crippen LogP contribution in [-0.2, 0) is 6.54 Å². The van der Waals surface area contributed by atoms with E-state index in [4.69, 9.17) is 10.9 Å². The molecule has 0 aliphatic carbocycles. The lowest BCUT2D eigenvalue weighted by Gasteiger charge is -2.18. The Morgan fingerprint density at radius 2 is 2.00 bits per heavy atom. The minimum Gasteiger partial charge on any atom is -0.409 e. The molecule has 0 fully saturated rings. The Morgan fingerprint density at radius 3 is 2.62 bits per heavy atom. The smallest absolute Gasteiger partial charge is 0.226 e. The van der Waals surface area contributed by atoms with E-state index >= 15 is 0 Å². The number of amidine groups is 1. The Kier molecular flexibility index (Phi) is 4.74. The molecule has 1 aromatic carbocycles.